The fraction of sp³-hybridized carbons (Fsp3) is 0.250. The number of anilines is 1. The van der Waals surface area contributed by atoms with E-state index in [1.54, 1.807) is 12.1 Å². The van der Waals surface area contributed by atoms with Gasteiger partial charge in [0, 0.05) is 40.7 Å². The number of hydrazine groups is 1. The molecule has 2 aliphatic heterocycles. The molecule has 0 saturated carbocycles. The van der Waals surface area contributed by atoms with E-state index < -0.39 is 0 Å². The summed E-state index contributed by atoms with van der Waals surface area (Å²) in [6.45, 7) is 2.97. The number of hydrogen-bond donors (Lipinski definition) is 2. The highest BCUT2D eigenvalue weighted by Crippen LogP contribution is 2.33. The Morgan fingerprint density at radius 3 is 2.32 bits per heavy atom. The molecule has 1 saturated heterocycles. The van der Waals surface area contributed by atoms with Crippen LogP contribution in [0.5, 0.6) is 0 Å². The lowest BCUT2D eigenvalue weighted by Gasteiger charge is -2.30. The zero-order chi connectivity index (χ0) is 15.1. The number of morpholine rings is 1. The molecule has 0 atom stereocenters. The van der Waals surface area contributed by atoms with Crippen molar-refractivity contribution >= 4 is 28.3 Å². The smallest absolute Gasteiger partial charge is 0.270 e. The molecular formula is C16H15N3O3. The van der Waals surface area contributed by atoms with Gasteiger partial charge in [-0.15, -0.1) is 0 Å². The molecule has 2 N–H and O–H groups in total. The van der Waals surface area contributed by atoms with Gasteiger partial charge in [-0.3, -0.25) is 20.4 Å². The van der Waals surface area contributed by atoms with Crippen LogP contribution < -0.4 is 15.8 Å². The van der Waals surface area contributed by atoms with Crippen molar-refractivity contribution < 1.29 is 14.3 Å². The Morgan fingerprint density at radius 1 is 0.909 bits per heavy atom. The van der Waals surface area contributed by atoms with Crippen LogP contribution in [0.3, 0.4) is 0 Å². The van der Waals surface area contributed by atoms with E-state index >= 15 is 0 Å². The molecule has 4 rings (SSSR count). The summed E-state index contributed by atoms with van der Waals surface area (Å²) in [5.41, 5.74) is 6.92. The summed E-state index contributed by atoms with van der Waals surface area (Å²) in [4.78, 5) is 26.6. The van der Waals surface area contributed by atoms with E-state index in [0.29, 0.717) is 29.7 Å². The highest BCUT2D eigenvalue weighted by atomic mass is 16.5. The van der Waals surface area contributed by atoms with E-state index in [1.807, 2.05) is 18.2 Å². The van der Waals surface area contributed by atoms with Gasteiger partial charge in [-0.2, -0.15) is 0 Å². The number of amides is 2. The topological polar surface area (TPSA) is 70.7 Å². The van der Waals surface area contributed by atoms with Crippen LogP contribution in [0.15, 0.2) is 30.3 Å². The van der Waals surface area contributed by atoms with E-state index in [2.05, 4.69) is 15.8 Å². The number of ether oxygens (including phenoxy) is 1. The van der Waals surface area contributed by atoms with Crippen molar-refractivity contribution in [3.8, 4) is 0 Å². The van der Waals surface area contributed by atoms with Crippen LogP contribution in [0.4, 0.5) is 5.69 Å². The number of rotatable bonds is 1. The van der Waals surface area contributed by atoms with Gasteiger partial charge in [0.1, 0.15) is 0 Å². The summed E-state index contributed by atoms with van der Waals surface area (Å²) in [7, 11) is 0. The van der Waals surface area contributed by atoms with Crippen molar-refractivity contribution in [2.45, 2.75) is 0 Å². The third kappa shape index (κ3) is 1.92. The molecule has 2 heterocycles. The van der Waals surface area contributed by atoms with Gasteiger partial charge in [-0.1, -0.05) is 12.1 Å². The second-order valence-corrected chi connectivity index (χ2v) is 5.37. The van der Waals surface area contributed by atoms with Gasteiger partial charge >= 0.3 is 0 Å². The predicted octanol–water partition coefficient (Wildman–Crippen LogP) is 1.06. The number of benzene rings is 2. The van der Waals surface area contributed by atoms with Gasteiger partial charge in [-0.05, 0) is 18.2 Å². The average molecular weight is 297 g/mol. The number of nitrogens with one attached hydrogen (secondary N) is 2. The number of nitrogens with zero attached hydrogens (tertiary/aromatic N) is 1. The van der Waals surface area contributed by atoms with Crippen LogP contribution in [0.25, 0.3) is 10.8 Å². The molecule has 0 bridgehead atoms. The van der Waals surface area contributed by atoms with Crippen molar-refractivity contribution in [2.24, 2.45) is 0 Å². The summed E-state index contributed by atoms with van der Waals surface area (Å²) in [5.74, 6) is -0.589. The summed E-state index contributed by atoms with van der Waals surface area (Å²) in [5, 5.41) is 1.63. The molecule has 1 fully saturated rings. The summed E-state index contributed by atoms with van der Waals surface area (Å²) in [6, 6.07) is 9.28. The maximum absolute atomic E-state index is 12.2. The minimum absolute atomic E-state index is 0.295. The van der Waals surface area contributed by atoms with Gasteiger partial charge in [0.2, 0.25) is 0 Å². The van der Waals surface area contributed by atoms with Gasteiger partial charge in [0.05, 0.1) is 13.2 Å². The summed E-state index contributed by atoms with van der Waals surface area (Å²) in [6.07, 6.45) is 0. The van der Waals surface area contributed by atoms with Gasteiger partial charge in [0.15, 0.2) is 0 Å². The van der Waals surface area contributed by atoms with Crippen molar-refractivity contribution in [2.75, 3.05) is 31.2 Å². The molecule has 2 aromatic carbocycles. The van der Waals surface area contributed by atoms with Gasteiger partial charge in [-0.25, -0.2) is 0 Å². The Balaban J connectivity index is 1.99. The minimum atomic E-state index is -0.295. The molecule has 0 unspecified atom stereocenters. The van der Waals surface area contributed by atoms with E-state index in [0.717, 1.165) is 24.2 Å². The van der Waals surface area contributed by atoms with Gasteiger partial charge in [0.25, 0.3) is 11.8 Å². The van der Waals surface area contributed by atoms with Crippen LogP contribution in [0.2, 0.25) is 0 Å². The quantitative estimate of drug-likeness (QED) is 0.826. The summed E-state index contributed by atoms with van der Waals surface area (Å²) >= 11 is 0. The minimum Gasteiger partial charge on any atom is -0.378 e. The lowest BCUT2D eigenvalue weighted by molar-refractivity contribution is 0.0854. The second kappa shape index (κ2) is 4.99. The lowest BCUT2D eigenvalue weighted by Crippen LogP contribution is -2.39. The average Bonchev–Trinajstić information content (AvgIpc) is 2.69. The third-order valence-corrected chi connectivity index (χ3v) is 4.15. The molecule has 0 aromatic heterocycles. The first-order valence-corrected chi connectivity index (χ1v) is 7.25. The molecule has 2 aliphatic rings. The standard InChI is InChI=1S/C16H15N3O3/c20-15-11-3-1-2-10-13(19-6-8-22-9-7-19)5-4-12(14(10)11)16(21)18-17-15/h1-5H,6-9H2,(H,17,20)(H,18,21). The van der Waals surface area contributed by atoms with E-state index in [-0.39, 0.29) is 11.8 Å². The number of carbonyl (C=O) groups excluding carboxylic acids is 2. The Labute approximate surface area is 127 Å². The fourth-order valence-electron chi connectivity index (χ4n) is 3.10. The van der Waals surface area contributed by atoms with Crippen LogP contribution in [0, 0.1) is 0 Å². The first kappa shape index (κ1) is 13.1. The molecule has 0 aliphatic carbocycles. The van der Waals surface area contributed by atoms with E-state index in [1.165, 1.54) is 0 Å². The molecular weight excluding hydrogens is 282 g/mol. The summed E-state index contributed by atoms with van der Waals surface area (Å²) < 4.78 is 5.40. The van der Waals surface area contributed by atoms with E-state index in [9.17, 15) is 9.59 Å². The normalized spacial score (nSPS) is 17.9. The largest absolute Gasteiger partial charge is 0.378 e. The maximum atomic E-state index is 12.2. The van der Waals surface area contributed by atoms with Crippen molar-refractivity contribution in [1.82, 2.24) is 10.9 Å². The van der Waals surface area contributed by atoms with Crippen LogP contribution in [0.1, 0.15) is 20.7 Å². The molecule has 112 valence electrons. The SMILES string of the molecule is O=C1NNC(=O)c2ccc(N3CCOCC3)c3cccc1c23. The molecule has 6 nitrogen and oxygen atoms in total. The molecule has 2 amide bonds. The maximum Gasteiger partial charge on any atom is 0.270 e. The second-order valence-electron chi connectivity index (χ2n) is 5.37. The number of carbonyl (C=O) groups is 2. The Hall–Kier alpha value is -2.60. The highest BCUT2D eigenvalue weighted by molar-refractivity contribution is 6.20. The first-order valence-electron chi connectivity index (χ1n) is 7.25. The Bertz CT molecular complexity index is 759. The molecule has 0 radical (unpaired) electrons. The molecule has 0 spiro atoms. The van der Waals surface area contributed by atoms with Crippen molar-refractivity contribution in [3.05, 3.63) is 41.5 Å². The number of hydrogen-bond acceptors (Lipinski definition) is 4. The van der Waals surface area contributed by atoms with Crippen LogP contribution in [-0.2, 0) is 4.74 Å². The van der Waals surface area contributed by atoms with Crippen molar-refractivity contribution in [1.29, 1.82) is 0 Å². The monoisotopic (exact) mass is 297 g/mol. The third-order valence-electron chi connectivity index (χ3n) is 4.15. The van der Waals surface area contributed by atoms with Crippen molar-refractivity contribution in [3.63, 3.8) is 0 Å². The van der Waals surface area contributed by atoms with Crippen LogP contribution >= 0.6 is 0 Å². The highest BCUT2D eigenvalue weighted by Gasteiger charge is 2.24. The fourth-order valence-corrected chi connectivity index (χ4v) is 3.10. The van der Waals surface area contributed by atoms with Gasteiger partial charge < -0.3 is 9.64 Å². The van der Waals surface area contributed by atoms with Crippen LogP contribution in [-0.4, -0.2) is 38.1 Å². The van der Waals surface area contributed by atoms with E-state index in [4.69, 9.17) is 4.74 Å². The zero-order valence-electron chi connectivity index (χ0n) is 11.9. The lowest BCUT2D eigenvalue weighted by atomic mass is 9.97. The Morgan fingerprint density at radius 2 is 1.59 bits per heavy atom. The zero-order valence-corrected chi connectivity index (χ0v) is 11.9. The molecule has 2 aromatic rings. The predicted molar refractivity (Wildman–Crippen MR) is 81.9 cm³/mol. The molecule has 6 heteroatoms. The molecule has 22 heavy (non-hydrogen) atoms. The Kier molecular flexibility index (Phi) is 2.97. The first-order chi connectivity index (χ1) is 10.8.